The SMILES string of the molecule is C#C[C@H](CC=C)c1ccccc1. The molecule has 60 valence electrons. The third-order valence-corrected chi connectivity index (χ3v) is 1.81. The van der Waals surface area contributed by atoms with Crippen LogP contribution in [0.3, 0.4) is 0 Å². The predicted molar refractivity (Wildman–Crippen MR) is 52.8 cm³/mol. The molecule has 0 fully saturated rings. The van der Waals surface area contributed by atoms with Crippen molar-refractivity contribution in [3.8, 4) is 12.3 Å². The third kappa shape index (κ3) is 2.00. The Morgan fingerprint density at radius 3 is 2.58 bits per heavy atom. The lowest BCUT2D eigenvalue weighted by Gasteiger charge is -2.06. The van der Waals surface area contributed by atoms with Crippen molar-refractivity contribution in [2.45, 2.75) is 12.3 Å². The Kier molecular flexibility index (Phi) is 3.17. The molecule has 1 atom stereocenters. The summed E-state index contributed by atoms with van der Waals surface area (Å²) in [7, 11) is 0. The van der Waals surface area contributed by atoms with Crippen molar-refractivity contribution < 1.29 is 0 Å². The molecular formula is C12H12. The summed E-state index contributed by atoms with van der Waals surface area (Å²) in [6.07, 6.45) is 8.10. The standard InChI is InChI=1S/C12H12/c1-3-8-11(4-2)12-9-6-5-7-10-12/h2-3,5-7,9-11H,1,8H2/t11-/m1/s1. The second kappa shape index (κ2) is 4.41. The van der Waals surface area contributed by atoms with Crippen molar-refractivity contribution in [3.05, 3.63) is 48.6 Å². The van der Waals surface area contributed by atoms with Crippen LogP contribution in [0, 0.1) is 12.3 Å². The first kappa shape index (κ1) is 8.62. The van der Waals surface area contributed by atoms with Gasteiger partial charge in [-0.1, -0.05) is 42.3 Å². The predicted octanol–water partition coefficient (Wildman–Crippen LogP) is 2.98. The van der Waals surface area contributed by atoms with Gasteiger partial charge in [-0.2, -0.15) is 0 Å². The topological polar surface area (TPSA) is 0 Å². The summed E-state index contributed by atoms with van der Waals surface area (Å²) < 4.78 is 0. The van der Waals surface area contributed by atoms with E-state index >= 15 is 0 Å². The van der Waals surface area contributed by atoms with Gasteiger partial charge < -0.3 is 0 Å². The Morgan fingerprint density at radius 2 is 2.08 bits per heavy atom. The van der Waals surface area contributed by atoms with Crippen LogP contribution in [-0.4, -0.2) is 0 Å². The van der Waals surface area contributed by atoms with Crippen LogP contribution in [0.25, 0.3) is 0 Å². The van der Waals surface area contributed by atoms with Crippen LogP contribution in [0.4, 0.5) is 0 Å². The average Bonchev–Trinajstić information content (AvgIpc) is 2.15. The number of rotatable bonds is 3. The summed E-state index contributed by atoms with van der Waals surface area (Å²) in [6, 6.07) is 10.1. The van der Waals surface area contributed by atoms with Gasteiger partial charge in [-0.05, 0) is 12.0 Å². The maximum Gasteiger partial charge on any atom is 0.0483 e. The fourth-order valence-corrected chi connectivity index (χ4v) is 1.15. The highest BCUT2D eigenvalue weighted by molar-refractivity contribution is 5.26. The molecule has 1 rings (SSSR count). The van der Waals surface area contributed by atoms with E-state index in [-0.39, 0.29) is 5.92 Å². The largest absolute Gasteiger partial charge is 0.119 e. The van der Waals surface area contributed by atoms with Crippen LogP contribution < -0.4 is 0 Å². The quantitative estimate of drug-likeness (QED) is 0.466. The van der Waals surface area contributed by atoms with Crippen molar-refractivity contribution in [1.29, 1.82) is 0 Å². The molecule has 0 heteroatoms. The average molecular weight is 156 g/mol. The number of terminal acetylenes is 1. The molecule has 0 aromatic heterocycles. The molecule has 0 aliphatic rings. The minimum atomic E-state index is 0.184. The first-order valence-electron chi connectivity index (χ1n) is 4.00. The molecule has 0 amide bonds. The Balaban J connectivity index is 2.82. The summed E-state index contributed by atoms with van der Waals surface area (Å²) in [5.41, 5.74) is 1.19. The molecule has 12 heavy (non-hydrogen) atoms. The van der Waals surface area contributed by atoms with Crippen LogP contribution >= 0.6 is 0 Å². The Labute approximate surface area is 73.9 Å². The van der Waals surface area contributed by atoms with Gasteiger partial charge in [-0.3, -0.25) is 0 Å². The van der Waals surface area contributed by atoms with Gasteiger partial charge >= 0.3 is 0 Å². The molecule has 0 saturated heterocycles. The van der Waals surface area contributed by atoms with Crippen LogP contribution in [-0.2, 0) is 0 Å². The molecule has 1 aromatic carbocycles. The van der Waals surface area contributed by atoms with E-state index in [2.05, 4.69) is 12.5 Å². The van der Waals surface area contributed by atoms with Gasteiger partial charge in [0.25, 0.3) is 0 Å². The van der Waals surface area contributed by atoms with Crippen molar-refractivity contribution in [2.75, 3.05) is 0 Å². The molecule has 0 aliphatic carbocycles. The maximum absolute atomic E-state index is 5.39. The Bertz CT molecular complexity index is 277. The van der Waals surface area contributed by atoms with E-state index in [1.54, 1.807) is 0 Å². The fourth-order valence-electron chi connectivity index (χ4n) is 1.15. The van der Waals surface area contributed by atoms with E-state index in [4.69, 9.17) is 6.42 Å². The number of allylic oxidation sites excluding steroid dienone is 1. The highest BCUT2D eigenvalue weighted by Gasteiger charge is 2.03. The molecule has 0 saturated carbocycles. The molecule has 0 spiro atoms. The van der Waals surface area contributed by atoms with E-state index in [0.717, 1.165) is 6.42 Å². The fraction of sp³-hybridized carbons (Fsp3) is 0.167. The first-order chi connectivity index (χ1) is 5.88. The van der Waals surface area contributed by atoms with E-state index in [9.17, 15) is 0 Å². The molecule has 0 aliphatic heterocycles. The van der Waals surface area contributed by atoms with Gasteiger partial charge in [0.1, 0.15) is 0 Å². The lowest BCUT2D eigenvalue weighted by atomic mass is 9.97. The van der Waals surface area contributed by atoms with Crippen LogP contribution in [0.2, 0.25) is 0 Å². The molecule has 0 unspecified atom stereocenters. The van der Waals surface area contributed by atoms with Crippen molar-refractivity contribution in [2.24, 2.45) is 0 Å². The smallest absolute Gasteiger partial charge is 0.0483 e. The summed E-state index contributed by atoms with van der Waals surface area (Å²) in [6.45, 7) is 3.68. The van der Waals surface area contributed by atoms with Gasteiger partial charge in [0.05, 0.1) is 0 Å². The molecule has 1 aromatic rings. The van der Waals surface area contributed by atoms with Gasteiger partial charge in [-0.15, -0.1) is 13.0 Å². The van der Waals surface area contributed by atoms with Crippen molar-refractivity contribution in [1.82, 2.24) is 0 Å². The number of hydrogen-bond acceptors (Lipinski definition) is 0. The molecule has 0 nitrogen and oxygen atoms in total. The monoisotopic (exact) mass is 156 g/mol. The van der Waals surface area contributed by atoms with E-state index < -0.39 is 0 Å². The van der Waals surface area contributed by atoms with E-state index in [1.807, 2.05) is 36.4 Å². The van der Waals surface area contributed by atoms with Gasteiger partial charge in [0.15, 0.2) is 0 Å². The second-order valence-corrected chi connectivity index (χ2v) is 2.65. The molecule has 0 bridgehead atoms. The van der Waals surface area contributed by atoms with Crippen LogP contribution in [0.15, 0.2) is 43.0 Å². The summed E-state index contributed by atoms with van der Waals surface area (Å²) in [5, 5.41) is 0. The lowest BCUT2D eigenvalue weighted by Crippen LogP contribution is -1.92. The minimum absolute atomic E-state index is 0.184. The Hall–Kier alpha value is -1.48. The maximum atomic E-state index is 5.39. The summed E-state index contributed by atoms with van der Waals surface area (Å²) in [4.78, 5) is 0. The van der Waals surface area contributed by atoms with Gasteiger partial charge in [0, 0.05) is 5.92 Å². The van der Waals surface area contributed by atoms with Gasteiger partial charge in [0.2, 0.25) is 0 Å². The zero-order valence-corrected chi connectivity index (χ0v) is 7.03. The van der Waals surface area contributed by atoms with Crippen molar-refractivity contribution in [3.63, 3.8) is 0 Å². The third-order valence-electron chi connectivity index (χ3n) is 1.81. The highest BCUT2D eigenvalue weighted by atomic mass is 14.1. The first-order valence-corrected chi connectivity index (χ1v) is 4.00. The Morgan fingerprint density at radius 1 is 1.42 bits per heavy atom. The summed E-state index contributed by atoms with van der Waals surface area (Å²) >= 11 is 0. The zero-order valence-electron chi connectivity index (χ0n) is 7.03. The molecule has 0 heterocycles. The zero-order chi connectivity index (χ0) is 8.81. The van der Waals surface area contributed by atoms with Crippen molar-refractivity contribution >= 4 is 0 Å². The van der Waals surface area contributed by atoms with Crippen LogP contribution in [0.5, 0.6) is 0 Å². The normalized spacial score (nSPS) is 11.6. The van der Waals surface area contributed by atoms with Gasteiger partial charge in [-0.25, -0.2) is 0 Å². The lowest BCUT2D eigenvalue weighted by molar-refractivity contribution is 0.896. The van der Waals surface area contributed by atoms with Crippen LogP contribution in [0.1, 0.15) is 17.9 Å². The molecular weight excluding hydrogens is 144 g/mol. The van der Waals surface area contributed by atoms with E-state index in [0.29, 0.717) is 0 Å². The number of hydrogen-bond donors (Lipinski definition) is 0. The number of benzene rings is 1. The summed E-state index contributed by atoms with van der Waals surface area (Å²) in [5.74, 6) is 2.93. The molecule has 0 N–H and O–H groups in total. The highest BCUT2D eigenvalue weighted by Crippen LogP contribution is 2.17. The van der Waals surface area contributed by atoms with E-state index in [1.165, 1.54) is 5.56 Å². The minimum Gasteiger partial charge on any atom is -0.119 e. The second-order valence-electron chi connectivity index (χ2n) is 2.65. The molecule has 0 radical (unpaired) electrons.